The first-order valence-electron chi connectivity index (χ1n) is 5.51. The van der Waals surface area contributed by atoms with Crippen LogP contribution in [0.2, 0.25) is 0 Å². The molecule has 0 amide bonds. The Balaban J connectivity index is 2.23. The summed E-state index contributed by atoms with van der Waals surface area (Å²) < 4.78 is 0. The molecule has 78 valence electrons. The molecule has 1 aliphatic heterocycles. The van der Waals surface area contributed by atoms with Crippen LogP contribution in [0.4, 0.5) is 5.69 Å². The van der Waals surface area contributed by atoms with E-state index in [4.69, 9.17) is 5.26 Å². The van der Waals surface area contributed by atoms with E-state index in [1.165, 1.54) is 17.7 Å². The van der Waals surface area contributed by atoms with Crippen molar-refractivity contribution in [2.75, 3.05) is 18.0 Å². The van der Waals surface area contributed by atoms with E-state index in [0.717, 1.165) is 13.1 Å². The molecule has 1 aromatic carbocycles. The van der Waals surface area contributed by atoms with Crippen LogP contribution in [0.15, 0.2) is 24.3 Å². The Kier molecular flexibility index (Phi) is 2.91. The van der Waals surface area contributed by atoms with Gasteiger partial charge in [-0.05, 0) is 24.0 Å². The summed E-state index contributed by atoms with van der Waals surface area (Å²) in [6.45, 7) is 4.21. The zero-order chi connectivity index (χ0) is 10.7. The van der Waals surface area contributed by atoms with Crippen molar-refractivity contribution in [1.82, 2.24) is 0 Å². The zero-order valence-corrected chi connectivity index (χ0v) is 9.11. The van der Waals surface area contributed by atoms with E-state index in [1.54, 1.807) is 0 Å². The van der Waals surface area contributed by atoms with Gasteiger partial charge in [-0.1, -0.05) is 25.1 Å². The second-order valence-electron chi connectivity index (χ2n) is 4.29. The molecule has 0 spiro atoms. The van der Waals surface area contributed by atoms with Crippen molar-refractivity contribution in [3.05, 3.63) is 29.8 Å². The maximum absolute atomic E-state index is 8.63. The summed E-state index contributed by atoms with van der Waals surface area (Å²) in [5.74, 6) is 0.693. The summed E-state index contributed by atoms with van der Waals surface area (Å²) in [5, 5.41) is 8.63. The van der Waals surface area contributed by atoms with E-state index < -0.39 is 0 Å². The third kappa shape index (κ3) is 2.12. The van der Waals surface area contributed by atoms with Crippen molar-refractivity contribution >= 4 is 5.69 Å². The number of hydrogen-bond donors (Lipinski definition) is 0. The van der Waals surface area contributed by atoms with Gasteiger partial charge in [-0.25, -0.2) is 0 Å². The molecule has 0 N–H and O–H groups in total. The van der Waals surface area contributed by atoms with E-state index in [9.17, 15) is 0 Å². The Morgan fingerprint density at radius 3 is 3.07 bits per heavy atom. The van der Waals surface area contributed by atoms with Gasteiger partial charge in [0.25, 0.3) is 0 Å². The summed E-state index contributed by atoms with van der Waals surface area (Å²) >= 11 is 0. The molecule has 2 rings (SSSR count). The van der Waals surface area contributed by atoms with Gasteiger partial charge in [0.05, 0.1) is 12.5 Å². The normalized spacial score (nSPS) is 19.5. The highest BCUT2D eigenvalue weighted by atomic mass is 15.1. The highest BCUT2D eigenvalue weighted by Crippen LogP contribution is 2.29. The third-order valence-electron chi connectivity index (χ3n) is 2.93. The molecule has 1 atom stereocenters. The average molecular weight is 200 g/mol. The van der Waals surface area contributed by atoms with Gasteiger partial charge in [-0.3, -0.25) is 0 Å². The molecule has 0 aliphatic carbocycles. The van der Waals surface area contributed by atoms with Gasteiger partial charge in [0.15, 0.2) is 0 Å². The molecular weight excluding hydrogens is 184 g/mol. The number of benzene rings is 1. The molecule has 1 aliphatic rings. The summed E-state index contributed by atoms with van der Waals surface area (Å²) in [4.78, 5) is 2.34. The standard InChI is InChI=1S/C13H16N2/c1-11-9-12-5-2-3-6-13(12)15(10-11)8-4-7-14/h2-3,5-6,11H,4,8-10H2,1H3. The van der Waals surface area contributed by atoms with Crippen LogP contribution < -0.4 is 4.90 Å². The fraction of sp³-hybridized carbons (Fsp3) is 0.462. The van der Waals surface area contributed by atoms with E-state index >= 15 is 0 Å². The number of para-hydroxylation sites is 1. The lowest BCUT2D eigenvalue weighted by Gasteiger charge is -2.34. The van der Waals surface area contributed by atoms with Crippen LogP contribution in [-0.4, -0.2) is 13.1 Å². The minimum atomic E-state index is 0.612. The van der Waals surface area contributed by atoms with Crippen LogP contribution in [0.3, 0.4) is 0 Å². The lowest BCUT2D eigenvalue weighted by molar-refractivity contribution is 0.533. The van der Waals surface area contributed by atoms with Crippen LogP contribution in [0, 0.1) is 17.2 Å². The number of rotatable bonds is 2. The molecule has 0 radical (unpaired) electrons. The quantitative estimate of drug-likeness (QED) is 0.733. The fourth-order valence-corrected chi connectivity index (χ4v) is 2.30. The van der Waals surface area contributed by atoms with Crippen molar-refractivity contribution in [1.29, 1.82) is 5.26 Å². The smallest absolute Gasteiger partial charge is 0.0640 e. The largest absolute Gasteiger partial charge is 0.370 e. The van der Waals surface area contributed by atoms with Crippen LogP contribution in [-0.2, 0) is 6.42 Å². The predicted octanol–water partition coefficient (Wildman–Crippen LogP) is 2.60. The Bertz CT molecular complexity index is 378. The Morgan fingerprint density at radius 2 is 2.27 bits per heavy atom. The van der Waals surface area contributed by atoms with Crippen LogP contribution >= 0.6 is 0 Å². The topological polar surface area (TPSA) is 27.0 Å². The first-order valence-corrected chi connectivity index (χ1v) is 5.51. The van der Waals surface area contributed by atoms with Crippen molar-refractivity contribution in [3.8, 4) is 6.07 Å². The van der Waals surface area contributed by atoms with Gasteiger partial charge in [0.2, 0.25) is 0 Å². The highest BCUT2D eigenvalue weighted by molar-refractivity contribution is 5.55. The maximum atomic E-state index is 8.63. The van der Waals surface area contributed by atoms with E-state index in [-0.39, 0.29) is 0 Å². The minimum absolute atomic E-state index is 0.612. The van der Waals surface area contributed by atoms with Gasteiger partial charge in [-0.2, -0.15) is 5.26 Å². The molecule has 1 heterocycles. The van der Waals surface area contributed by atoms with Gasteiger partial charge in [0, 0.05) is 18.8 Å². The number of fused-ring (bicyclic) bond motifs is 1. The molecule has 0 fully saturated rings. The molecule has 15 heavy (non-hydrogen) atoms. The Labute approximate surface area is 91.1 Å². The number of hydrogen-bond acceptors (Lipinski definition) is 2. The number of nitriles is 1. The average Bonchev–Trinajstić information content (AvgIpc) is 2.25. The SMILES string of the molecule is CC1Cc2ccccc2N(CCC#N)C1. The molecule has 1 aromatic rings. The number of anilines is 1. The van der Waals surface area contributed by atoms with Crippen LogP contribution in [0.25, 0.3) is 0 Å². The van der Waals surface area contributed by atoms with Crippen molar-refractivity contribution < 1.29 is 0 Å². The summed E-state index contributed by atoms with van der Waals surface area (Å²) in [6, 6.07) is 10.8. The van der Waals surface area contributed by atoms with E-state index in [1.807, 2.05) is 0 Å². The highest BCUT2D eigenvalue weighted by Gasteiger charge is 2.20. The van der Waals surface area contributed by atoms with Gasteiger partial charge in [0.1, 0.15) is 0 Å². The van der Waals surface area contributed by atoms with Crippen molar-refractivity contribution in [3.63, 3.8) is 0 Å². The van der Waals surface area contributed by atoms with Crippen molar-refractivity contribution in [2.24, 2.45) is 5.92 Å². The Morgan fingerprint density at radius 1 is 1.47 bits per heavy atom. The van der Waals surface area contributed by atoms with E-state index in [2.05, 4.69) is 42.2 Å². The number of nitrogens with zero attached hydrogens (tertiary/aromatic N) is 2. The van der Waals surface area contributed by atoms with Gasteiger partial charge < -0.3 is 4.90 Å². The first kappa shape index (κ1) is 10.0. The first-order chi connectivity index (χ1) is 7.31. The lowest BCUT2D eigenvalue weighted by atomic mass is 9.94. The molecule has 0 bridgehead atoms. The fourth-order valence-electron chi connectivity index (χ4n) is 2.30. The summed E-state index contributed by atoms with van der Waals surface area (Å²) in [7, 11) is 0. The summed E-state index contributed by atoms with van der Waals surface area (Å²) in [5.41, 5.74) is 2.75. The minimum Gasteiger partial charge on any atom is -0.370 e. The molecule has 0 saturated carbocycles. The lowest BCUT2D eigenvalue weighted by Crippen LogP contribution is -2.34. The van der Waals surface area contributed by atoms with Gasteiger partial charge in [-0.15, -0.1) is 0 Å². The van der Waals surface area contributed by atoms with Gasteiger partial charge >= 0.3 is 0 Å². The molecular formula is C13H16N2. The monoisotopic (exact) mass is 200 g/mol. The Hall–Kier alpha value is -1.49. The van der Waals surface area contributed by atoms with Crippen LogP contribution in [0.5, 0.6) is 0 Å². The summed E-state index contributed by atoms with van der Waals surface area (Å²) in [6.07, 6.45) is 1.78. The molecule has 0 aromatic heterocycles. The molecule has 2 heteroatoms. The van der Waals surface area contributed by atoms with E-state index in [0.29, 0.717) is 12.3 Å². The second-order valence-corrected chi connectivity index (χ2v) is 4.29. The van der Waals surface area contributed by atoms with Crippen molar-refractivity contribution in [2.45, 2.75) is 19.8 Å². The molecule has 1 unspecified atom stereocenters. The zero-order valence-electron chi connectivity index (χ0n) is 9.11. The molecule has 0 saturated heterocycles. The second kappa shape index (κ2) is 4.35. The molecule has 2 nitrogen and oxygen atoms in total. The predicted molar refractivity (Wildman–Crippen MR) is 61.8 cm³/mol. The third-order valence-corrected chi connectivity index (χ3v) is 2.93. The van der Waals surface area contributed by atoms with Crippen LogP contribution in [0.1, 0.15) is 18.9 Å². The maximum Gasteiger partial charge on any atom is 0.0640 e.